The van der Waals surface area contributed by atoms with Crippen LogP contribution in [0, 0.1) is 12.8 Å². The molecule has 3 N–H and O–H groups in total. The number of nitrogens with two attached hydrogens (primary N) is 1. The summed E-state index contributed by atoms with van der Waals surface area (Å²) < 4.78 is 1.56. The van der Waals surface area contributed by atoms with Crippen molar-refractivity contribution >= 4 is 11.6 Å². The Hall–Kier alpha value is -1.52. The second-order valence-corrected chi connectivity index (χ2v) is 4.07. The average Bonchev–Trinajstić information content (AvgIpc) is 2.42. The molecule has 84 valence electrons. The van der Waals surface area contributed by atoms with Crippen molar-refractivity contribution in [3.05, 3.63) is 11.9 Å². The van der Waals surface area contributed by atoms with Crippen molar-refractivity contribution in [3.8, 4) is 0 Å². The molecule has 1 aromatic heterocycles. The fourth-order valence-corrected chi connectivity index (χ4v) is 1.14. The summed E-state index contributed by atoms with van der Waals surface area (Å²) in [6.07, 6.45) is 1.67. The van der Waals surface area contributed by atoms with Gasteiger partial charge in [-0.3, -0.25) is 9.48 Å². The number of nitrogens with one attached hydrogen (secondary N) is 1. The molecule has 5 nitrogen and oxygen atoms in total. The smallest absolute Gasteiger partial charge is 0.241 e. The van der Waals surface area contributed by atoms with Crippen molar-refractivity contribution in [2.45, 2.75) is 27.3 Å². The van der Waals surface area contributed by atoms with E-state index in [0.29, 0.717) is 18.2 Å². The van der Waals surface area contributed by atoms with Crippen molar-refractivity contribution in [3.63, 3.8) is 0 Å². The van der Waals surface area contributed by atoms with Crippen molar-refractivity contribution < 1.29 is 4.79 Å². The molecule has 1 rings (SSSR count). The van der Waals surface area contributed by atoms with E-state index in [0.717, 1.165) is 5.69 Å². The second-order valence-electron chi connectivity index (χ2n) is 4.07. The largest absolute Gasteiger partial charge is 0.396 e. The molecule has 0 aliphatic rings. The molecule has 15 heavy (non-hydrogen) atoms. The third kappa shape index (κ3) is 3.61. The minimum absolute atomic E-state index is 0.0359. The van der Waals surface area contributed by atoms with Crippen LogP contribution in [-0.4, -0.2) is 22.2 Å². The summed E-state index contributed by atoms with van der Waals surface area (Å²) in [4.78, 5) is 11.4. The van der Waals surface area contributed by atoms with Gasteiger partial charge >= 0.3 is 0 Å². The minimum atomic E-state index is -0.0359. The molecule has 0 spiro atoms. The van der Waals surface area contributed by atoms with E-state index in [2.05, 4.69) is 24.3 Å². The predicted octanol–water partition coefficient (Wildman–Crippen LogP) is 0.546. The zero-order chi connectivity index (χ0) is 11.4. The van der Waals surface area contributed by atoms with Gasteiger partial charge in [-0.05, 0) is 12.8 Å². The van der Waals surface area contributed by atoms with Crippen molar-refractivity contribution in [1.82, 2.24) is 15.1 Å². The summed E-state index contributed by atoms with van der Waals surface area (Å²) in [7, 11) is 0. The van der Waals surface area contributed by atoms with Crippen LogP contribution in [0.1, 0.15) is 19.5 Å². The highest BCUT2D eigenvalue weighted by molar-refractivity contribution is 5.75. The number of carbonyl (C=O) groups is 1. The monoisotopic (exact) mass is 210 g/mol. The van der Waals surface area contributed by atoms with E-state index in [4.69, 9.17) is 5.73 Å². The first kappa shape index (κ1) is 11.6. The quantitative estimate of drug-likeness (QED) is 0.762. The van der Waals surface area contributed by atoms with E-state index in [9.17, 15) is 4.79 Å². The molecule has 0 fully saturated rings. The van der Waals surface area contributed by atoms with Crippen LogP contribution in [0.15, 0.2) is 6.20 Å². The highest BCUT2D eigenvalue weighted by atomic mass is 16.2. The Labute approximate surface area is 89.6 Å². The van der Waals surface area contributed by atoms with Crippen LogP contribution in [0.3, 0.4) is 0 Å². The highest BCUT2D eigenvalue weighted by Gasteiger charge is 2.06. The first-order valence-corrected chi connectivity index (χ1v) is 5.05. The number of anilines is 1. The topological polar surface area (TPSA) is 72.9 Å². The summed E-state index contributed by atoms with van der Waals surface area (Å²) in [6, 6.07) is 0. The van der Waals surface area contributed by atoms with Crippen LogP contribution < -0.4 is 11.1 Å². The van der Waals surface area contributed by atoms with Crippen LogP contribution in [-0.2, 0) is 11.3 Å². The average molecular weight is 210 g/mol. The molecular formula is C10H18N4O. The molecule has 0 aromatic carbocycles. The van der Waals surface area contributed by atoms with Gasteiger partial charge in [-0.2, -0.15) is 5.10 Å². The lowest BCUT2D eigenvalue weighted by molar-refractivity contribution is -0.122. The van der Waals surface area contributed by atoms with Gasteiger partial charge in [0.15, 0.2) is 0 Å². The Morgan fingerprint density at radius 3 is 2.80 bits per heavy atom. The number of aryl methyl sites for hydroxylation is 1. The summed E-state index contributed by atoms with van der Waals surface area (Å²) >= 11 is 0. The van der Waals surface area contributed by atoms with Crippen LogP contribution >= 0.6 is 0 Å². The number of amides is 1. The molecule has 1 amide bonds. The van der Waals surface area contributed by atoms with E-state index < -0.39 is 0 Å². The standard InChI is InChI=1S/C10H18N4O/c1-7(2)4-12-10(15)6-14-5-9(11)8(3)13-14/h5,7H,4,6,11H2,1-3H3,(H,12,15). The Kier molecular flexibility index (Phi) is 3.71. The van der Waals surface area contributed by atoms with Crippen LogP contribution in [0.2, 0.25) is 0 Å². The molecule has 0 aliphatic carbocycles. The molecule has 1 heterocycles. The lowest BCUT2D eigenvalue weighted by Gasteiger charge is -2.07. The third-order valence-electron chi connectivity index (χ3n) is 2.00. The summed E-state index contributed by atoms with van der Waals surface area (Å²) in [6.45, 7) is 6.84. The zero-order valence-corrected chi connectivity index (χ0v) is 9.45. The molecular weight excluding hydrogens is 192 g/mol. The van der Waals surface area contributed by atoms with Gasteiger partial charge in [0, 0.05) is 12.7 Å². The molecule has 1 aromatic rings. The SMILES string of the molecule is Cc1nn(CC(=O)NCC(C)C)cc1N. The van der Waals surface area contributed by atoms with Gasteiger partial charge in [0.1, 0.15) is 6.54 Å². The van der Waals surface area contributed by atoms with Crippen LogP contribution in [0.5, 0.6) is 0 Å². The zero-order valence-electron chi connectivity index (χ0n) is 9.45. The maximum absolute atomic E-state index is 11.4. The first-order valence-electron chi connectivity index (χ1n) is 5.05. The Bertz CT molecular complexity index is 324. The molecule has 5 heteroatoms. The van der Waals surface area contributed by atoms with Gasteiger partial charge in [-0.25, -0.2) is 0 Å². The van der Waals surface area contributed by atoms with Crippen LogP contribution in [0.25, 0.3) is 0 Å². The van der Waals surface area contributed by atoms with Crippen molar-refractivity contribution in [1.29, 1.82) is 0 Å². The number of hydrogen-bond acceptors (Lipinski definition) is 3. The van der Waals surface area contributed by atoms with Gasteiger partial charge in [0.05, 0.1) is 11.4 Å². The number of nitrogen functional groups attached to an aromatic ring is 1. The molecule has 0 atom stereocenters. The van der Waals surface area contributed by atoms with E-state index >= 15 is 0 Å². The van der Waals surface area contributed by atoms with Crippen molar-refractivity contribution in [2.75, 3.05) is 12.3 Å². The highest BCUT2D eigenvalue weighted by Crippen LogP contribution is 2.05. The lowest BCUT2D eigenvalue weighted by atomic mass is 10.2. The minimum Gasteiger partial charge on any atom is -0.396 e. The maximum atomic E-state index is 11.4. The number of hydrogen-bond donors (Lipinski definition) is 2. The second kappa shape index (κ2) is 4.82. The van der Waals surface area contributed by atoms with Crippen LogP contribution in [0.4, 0.5) is 5.69 Å². The van der Waals surface area contributed by atoms with E-state index in [1.165, 1.54) is 0 Å². The van der Waals surface area contributed by atoms with Gasteiger partial charge < -0.3 is 11.1 Å². The number of rotatable bonds is 4. The number of carbonyl (C=O) groups excluding carboxylic acids is 1. The van der Waals surface area contributed by atoms with E-state index in [1.807, 2.05) is 6.92 Å². The normalized spacial score (nSPS) is 10.7. The molecule has 0 aliphatic heterocycles. The fraction of sp³-hybridized carbons (Fsp3) is 0.600. The Balaban J connectivity index is 2.44. The summed E-state index contributed by atoms with van der Waals surface area (Å²) in [5, 5.41) is 6.93. The maximum Gasteiger partial charge on any atom is 0.241 e. The van der Waals surface area contributed by atoms with Crippen molar-refractivity contribution in [2.24, 2.45) is 5.92 Å². The lowest BCUT2D eigenvalue weighted by Crippen LogP contribution is -2.30. The van der Waals surface area contributed by atoms with Gasteiger partial charge in [-0.15, -0.1) is 0 Å². The fourth-order valence-electron chi connectivity index (χ4n) is 1.14. The molecule has 0 saturated carbocycles. The molecule has 0 unspecified atom stereocenters. The molecule has 0 saturated heterocycles. The van der Waals surface area contributed by atoms with E-state index in [-0.39, 0.29) is 12.5 Å². The predicted molar refractivity (Wildman–Crippen MR) is 59.2 cm³/mol. The number of aromatic nitrogens is 2. The summed E-state index contributed by atoms with van der Waals surface area (Å²) in [5.74, 6) is 0.421. The Morgan fingerprint density at radius 1 is 1.67 bits per heavy atom. The van der Waals surface area contributed by atoms with Gasteiger partial charge in [-0.1, -0.05) is 13.8 Å². The first-order chi connectivity index (χ1) is 6.99. The Morgan fingerprint density at radius 2 is 2.33 bits per heavy atom. The summed E-state index contributed by atoms with van der Waals surface area (Å²) in [5.41, 5.74) is 7.00. The van der Waals surface area contributed by atoms with E-state index in [1.54, 1.807) is 10.9 Å². The third-order valence-corrected chi connectivity index (χ3v) is 2.00. The molecule has 0 bridgehead atoms. The van der Waals surface area contributed by atoms with Gasteiger partial charge in [0.2, 0.25) is 5.91 Å². The molecule has 0 radical (unpaired) electrons. The van der Waals surface area contributed by atoms with Gasteiger partial charge in [0.25, 0.3) is 0 Å². The number of nitrogens with zero attached hydrogens (tertiary/aromatic N) is 2.